The van der Waals surface area contributed by atoms with E-state index >= 15 is 0 Å². The number of amides is 1. The topological polar surface area (TPSA) is 68.5 Å². The van der Waals surface area contributed by atoms with Gasteiger partial charge in [-0.15, -0.1) is 0 Å². The second kappa shape index (κ2) is 8.63. The van der Waals surface area contributed by atoms with Crippen molar-refractivity contribution in [3.05, 3.63) is 76.4 Å². The first-order chi connectivity index (χ1) is 17.3. The molecule has 2 aromatic carbocycles. The number of nitrogens with one attached hydrogen (secondary N) is 1. The average Bonchev–Trinajstić information content (AvgIpc) is 3.50. The van der Waals surface area contributed by atoms with Crippen molar-refractivity contribution < 1.29 is 9.53 Å². The molecule has 7 heteroatoms. The van der Waals surface area contributed by atoms with Gasteiger partial charge in [-0.05, 0) is 75.6 Å². The molecule has 2 aromatic heterocycles. The number of alkyl carbamates (subject to hydrolysis) is 1. The van der Waals surface area contributed by atoms with Gasteiger partial charge in [0, 0.05) is 16.7 Å². The zero-order chi connectivity index (χ0) is 25.0. The molecule has 0 bridgehead atoms. The van der Waals surface area contributed by atoms with Crippen LogP contribution in [0.5, 0.6) is 0 Å². The van der Waals surface area contributed by atoms with Crippen LogP contribution in [0.4, 0.5) is 4.79 Å². The molecule has 1 fully saturated rings. The molecule has 2 heterocycles. The largest absolute Gasteiger partial charge is 0.444 e. The highest BCUT2D eigenvalue weighted by molar-refractivity contribution is 6.29. The summed E-state index contributed by atoms with van der Waals surface area (Å²) in [5, 5.41) is 8.19. The van der Waals surface area contributed by atoms with E-state index in [9.17, 15) is 4.79 Å². The minimum atomic E-state index is -0.525. The number of aryl methyl sites for hydroxylation is 1. The number of aromatic nitrogens is 3. The Balaban J connectivity index is 1.42. The Bertz CT molecular complexity index is 1470. The van der Waals surface area contributed by atoms with Crippen LogP contribution in [0.3, 0.4) is 0 Å². The molecule has 0 aliphatic heterocycles. The SMILES string of the molecule is CC(C)(C)OC(=O)N[C@H]1CCc2cc(-c3nc4c(C5CC5)cc(Cl)nn4c3-c3ccccc3)ccc21. The molecule has 36 heavy (non-hydrogen) atoms. The van der Waals surface area contributed by atoms with Crippen LogP contribution in [0.2, 0.25) is 5.15 Å². The van der Waals surface area contributed by atoms with Gasteiger partial charge in [-0.3, -0.25) is 0 Å². The highest BCUT2D eigenvalue weighted by Gasteiger charge is 2.31. The van der Waals surface area contributed by atoms with E-state index in [4.69, 9.17) is 21.3 Å². The van der Waals surface area contributed by atoms with Gasteiger partial charge in [0.05, 0.1) is 11.7 Å². The number of halogens is 1. The zero-order valence-electron chi connectivity index (χ0n) is 20.7. The smallest absolute Gasteiger partial charge is 0.408 e. The zero-order valence-corrected chi connectivity index (χ0v) is 21.5. The van der Waals surface area contributed by atoms with Gasteiger partial charge in [0.25, 0.3) is 0 Å². The van der Waals surface area contributed by atoms with Crippen LogP contribution in [0, 0.1) is 0 Å². The highest BCUT2D eigenvalue weighted by Crippen LogP contribution is 2.44. The summed E-state index contributed by atoms with van der Waals surface area (Å²) in [4.78, 5) is 17.5. The van der Waals surface area contributed by atoms with E-state index in [2.05, 4.69) is 40.7 Å². The van der Waals surface area contributed by atoms with Crippen molar-refractivity contribution in [3.63, 3.8) is 0 Å². The van der Waals surface area contributed by atoms with Gasteiger partial charge >= 0.3 is 6.09 Å². The number of fused-ring (bicyclic) bond motifs is 2. The van der Waals surface area contributed by atoms with Crippen molar-refractivity contribution >= 4 is 23.3 Å². The quantitative estimate of drug-likeness (QED) is 0.324. The summed E-state index contributed by atoms with van der Waals surface area (Å²) in [6.07, 6.45) is 3.66. The van der Waals surface area contributed by atoms with E-state index in [0.29, 0.717) is 11.1 Å². The van der Waals surface area contributed by atoms with Gasteiger partial charge in [-0.25, -0.2) is 14.3 Å². The Morgan fingerprint density at radius 1 is 1.03 bits per heavy atom. The maximum Gasteiger partial charge on any atom is 0.408 e. The predicted octanol–water partition coefficient (Wildman–Crippen LogP) is 7.11. The third-order valence-electron chi connectivity index (χ3n) is 6.83. The lowest BCUT2D eigenvalue weighted by Gasteiger charge is -2.22. The number of carbonyl (C=O) groups is 1. The Hall–Kier alpha value is -3.38. The van der Waals surface area contributed by atoms with E-state index in [1.165, 1.54) is 11.1 Å². The lowest BCUT2D eigenvalue weighted by Crippen LogP contribution is -2.34. The Morgan fingerprint density at radius 3 is 2.53 bits per heavy atom. The average molecular weight is 501 g/mol. The molecule has 0 spiro atoms. The minimum Gasteiger partial charge on any atom is -0.444 e. The van der Waals surface area contributed by atoms with E-state index in [-0.39, 0.29) is 12.1 Å². The molecule has 1 N–H and O–H groups in total. The lowest BCUT2D eigenvalue weighted by atomic mass is 10.00. The summed E-state index contributed by atoms with van der Waals surface area (Å²) in [6.45, 7) is 5.62. The molecule has 184 valence electrons. The highest BCUT2D eigenvalue weighted by atomic mass is 35.5. The monoisotopic (exact) mass is 500 g/mol. The normalized spacial score (nSPS) is 17.3. The first-order valence-corrected chi connectivity index (χ1v) is 12.9. The number of hydrogen-bond donors (Lipinski definition) is 1. The number of nitrogens with zero attached hydrogens (tertiary/aromatic N) is 3. The van der Waals surface area contributed by atoms with Crippen molar-refractivity contribution in [2.75, 3.05) is 0 Å². The van der Waals surface area contributed by atoms with Crippen LogP contribution in [-0.2, 0) is 11.2 Å². The number of rotatable bonds is 4. The van der Waals surface area contributed by atoms with Crippen LogP contribution < -0.4 is 5.32 Å². The van der Waals surface area contributed by atoms with Crippen molar-refractivity contribution in [1.29, 1.82) is 0 Å². The Morgan fingerprint density at radius 2 is 1.81 bits per heavy atom. The molecule has 6 nitrogen and oxygen atoms in total. The molecule has 0 radical (unpaired) electrons. The van der Waals surface area contributed by atoms with Crippen LogP contribution in [0.25, 0.3) is 28.2 Å². The van der Waals surface area contributed by atoms with E-state index in [0.717, 1.165) is 59.4 Å². The molecule has 2 aliphatic rings. The number of benzene rings is 2. The first-order valence-electron chi connectivity index (χ1n) is 12.5. The van der Waals surface area contributed by atoms with Crippen LogP contribution >= 0.6 is 11.6 Å². The predicted molar refractivity (Wildman–Crippen MR) is 141 cm³/mol. The molecule has 2 aliphatic carbocycles. The Labute approximate surface area is 215 Å². The summed E-state index contributed by atoms with van der Waals surface area (Å²) >= 11 is 6.48. The van der Waals surface area contributed by atoms with Gasteiger partial charge in [0.1, 0.15) is 16.4 Å². The van der Waals surface area contributed by atoms with Crippen LogP contribution in [0.1, 0.15) is 68.7 Å². The number of imidazole rings is 1. The summed E-state index contributed by atoms with van der Waals surface area (Å²) in [7, 11) is 0. The van der Waals surface area contributed by atoms with Gasteiger partial charge in [0.2, 0.25) is 0 Å². The van der Waals surface area contributed by atoms with Gasteiger partial charge in [0.15, 0.2) is 5.65 Å². The maximum atomic E-state index is 12.4. The first kappa shape index (κ1) is 23.0. The summed E-state index contributed by atoms with van der Waals surface area (Å²) in [5.41, 5.74) is 7.79. The maximum absolute atomic E-state index is 12.4. The third kappa shape index (κ3) is 4.35. The van der Waals surface area contributed by atoms with Crippen molar-refractivity contribution in [2.45, 2.75) is 64.0 Å². The molecular weight excluding hydrogens is 472 g/mol. The fraction of sp³-hybridized carbons (Fsp3) is 0.345. The number of carbonyl (C=O) groups excluding carboxylic acids is 1. The van der Waals surface area contributed by atoms with Gasteiger partial charge in [-0.1, -0.05) is 54.1 Å². The molecular formula is C29H29ClN4O2. The summed E-state index contributed by atoms with van der Waals surface area (Å²) in [5.74, 6) is 0.492. The standard InChI is InChI=1S/C29H29ClN4O2/c1-29(2,3)36-28(35)31-23-14-12-19-15-20(11-13-21(19)23)25-26(18-7-5-4-6-8-18)34-27(32-25)22(17-9-10-17)16-24(30)33-34/h4-8,11,13,15-17,23H,9-10,12,14H2,1-3H3,(H,31,35)/t23-/m0/s1. The number of ether oxygens (including phenoxy) is 1. The second-order valence-electron chi connectivity index (χ2n) is 10.8. The summed E-state index contributed by atoms with van der Waals surface area (Å²) in [6, 6.07) is 18.6. The van der Waals surface area contributed by atoms with Crippen molar-refractivity contribution in [2.24, 2.45) is 0 Å². The summed E-state index contributed by atoms with van der Waals surface area (Å²) < 4.78 is 7.39. The fourth-order valence-corrected chi connectivity index (χ4v) is 5.32. The Kier molecular flexibility index (Phi) is 5.52. The van der Waals surface area contributed by atoms with Crippen LogP contribution in [-0.4, -0.2) is 26.3 Å². The molecule has 1 amide bonds. The van der Waals surface area contributed by atoms with Gasteiger partial charge < -0.3 is 10.1 Å². The third-order valence-corrected chi connectivity index (χ3v) is 7.02. The molecule has 4 aromatic rings. The van der Waals surface area contributed by atoms with E-state index in [1.807, 2.05) is 49.6 Å². The molecule has 6 rings (SSSR count). The lowest BCUT2D eigenvalue weighted by molar-refractivity contribution is 0.0503. The van der Waals surface area contributed by atoms with E-state index in [1.54, 1.807) is 0 Å². The second-order valence-corrected chi connectivity index (χ2v) is 11.1. The van der Waals surface area contributed by atoms with Crippen LogP contribution in [0.15, 0.2) is 54.6 Å². The van der Waals surface area contributed by atoms with Crippen molar-refractivity contribution in [1.82, 2.24) is 19.9 Å². The van der Waals surface area contributed by atoms with E-state index < -0.39 is 5.60 Å². The molecule has 1 atom stereocenters. The number of hydrogen-bond acceptors (Lipinski definition) is 4. The molecule has 0 saturated heterocycles. The van der Waals surface area contributed by atoms with Crippen molar-refractivity contribution in [3.8, 4) is 22.5 Å². The minimum absolute atomic E-state index is 0.0551. The molecule has 0 unspecified atom stereocenters. The fourth-order valence-electron chi connectivity index (χ4n) is 5.13. The molecule has 1 saturated carbocycles. The van der Waals surface area contributed by atoms with Gasteiger partial charge in [-0.2, -0.15) is 5.10 Å².